The van der Waals surface area contributed by atoms with Gasteiger partial charge in [0.25, 0.3) is 0 Å². The van der Waals surface area contributed by atoms with Gasteiger partial charge >= 0.3 is 0 Å². The zero-order valence-electron chi connectivity index (χ0n) is 45.2. The maximum absolute atomic E-state index is 4.88. The highest BCUT2D eigenvalue weighted by molar-refractivity contribution is 7.10. The SMILES string of the molecule is C.CC(C)C1=CCC=C1.CC(C)C1=CCCCC1.CC(C)c1ccccc1.CC(C)c1cccnc1.CC(C)c1cccs1.CC(C)c1ccncc1.CC(C)c1ccoc1.CC(C)c1cncs1. The van der Waals surface area contributed by atoms with Crippen LogP contribution < -0.4 is 0 Å². The summed E-state index contributed by atoms with van der Waals surface area (Å²) in [5.41, 5.74) is 10.4. The van der Waals surface area contributed by atoms with Gasteiger partial charge in [0, 0.05) is 40.7 Å². The second kappa shape index (κ2) is 39.1. The van der Waals surface area contributed by atoms with Crippen LogP contribution in [0.3, 0.4) is 0 Å². The largest absolute Gasteiger partial charge is 0.472 e. The van der Waals surface area contributed by atoms with Gasteiger partial charge in [-0.3, -0.25) is 15.0 Å². The maximum Gasteiger partial charge on any atom is 0.0937 e. The van der Waals surface area contributed by atoms with Crippen molar-refractivity contribution in [3.05, 3.63) is 195 Å². The second-order valence-electron chi connectivity index (χ2n) is 19.6. The van der Waals surface area contributed by atoms with Crippen LogP contribution in [0.4, 0.5) is 0 Å². The average molecular weight is 975 g/mol. The van der Waals surface area contributed by atoms with Crippen molar-refractivity contribution in [2.75, 3.05) is 0 Å². The lowest BCUT2D eigenvalue weighted by molar-refractivity contribution is 0.562. The number of thiophene rings is 1. The number of furan rings is 1. The van der Waals surface area contributed by atoms with Crippen molar-refractivity contribution in [1.29, 1.82) is 0 Å². The molecule has 0 radical (unpaired) electrons. The van der Waals surface area contributed by atoms with Crippen molar-refractivity contribution >= 4 is 22.7 Å². The summed E-state index contributed by atoms with van der Waals surface area (Å²) in [5, 5.41) is 2.12. The standard InChI is InChI=1S/C9H16.C9H12.2C8H11N.C8H12.C7H10O.C7H10S.C6H9NS.CH4/c2*1-8(2)9-6-4-3-5-7-9;1-7(2)8-3-5-9-6-4-8;1-7(2)8-4-3-5-9-6-8;1-7(2)8-5-3-4-6-8;1-6(2)7-3-4-8-5-7;1-6(2)7-4-3-5-8-7;1-5(2)6-3-7-4-8-6;/h6,8H,3-5,7H2,1-2H3;3-8H,1-2H3;2*3-7H,1-2H3;3,5-7H,4H2,1-2H3;2*3-6H,1-2H3;3-5H,1-2H3;1H4. The van der Waals surface area contributed by atoms with Crippen LogP contribution in [-0.4, -0.2) is 15.0 Å². The van der Waals surface area contributed by atoms with Gasteiger partial charge in [-0.2, -0.15) is 0 Å². The van der Waals surface area contributed by atoms with E-state index in [4.69, 9.17) is 4.42 Å². The van der Waals surface area contributed by atoms with Gasteiger partial charge in [-0.05, 0) is 143 Å². The van der Waals surface area contributed by atoms with E-state index in [1.807, 2.05) is 72.0 Å². The summed E-state index contributed by atoms with van der Waals surface area (Å²) in [6, 6.07) is 24.9. The predicted octanol–water partition coefficient (Wildman–Crippen LogP) is 21.1. The van der Waals surface area contributed by atoms with Gasteiger partial charge in [0.2, 0.25) is 0 Å². The molecule has 5 aromatic heterocycles. The van der Waals surface area contributed by atoms with E-state index >= 15 is 0 Å². The molecule has 0 spiro atoms. The minimum absolute atomic E-state index is 0. The molecule has 0 aliphatic heterocycles. The van der Waals surface area contributed by atoms with Crippen LogP contribution in [0.5, 0.6) is 0 Å². The quantitative estimate of drug-likeness (QED) is 0.143. The average Bonchev–Trinajstić information content (AvgIpc) is 4.21. The van der Waals surface area contributed by atoms with Crippen LogP contribution >= 0.6 is 22.7 Å². The fourth-order valence-electron chi connectivity index (χ4n) is 6.33. The zero-order chi connectivity index (χ0) is 50.7. The highest BCUT2D eigenvalue weighted by Gasteiger charge is 2.06. The molecule has 69 heavy (non-hydrogen) atoms. The lowest BCUT2D eigenvalue weighted by Crippen LogP contribution is -1.98. The lowest BCUT2D eigenvalue weighted by atomic mass is 9.92. The van der Waals surface area contributed by atoms with Crippen LogP contribution in [0.1, 0.15) is 218 Å². The van der Waals surface area contributed by atoms with Gasteiger partial charge in [0.05, 0.1) is 18.0 Å². The third kappa shape index (κ3) is 31.2. The number of aromatic nitrogens is 3. The van der Waals surface area contributed by atoms with Crippen molar-refractivity contribution in [3.63, 3.8) is 0 Å². The molecule has 5 heterocycles. The van der Waals surface area contributed by atoms with Crippen molar-refractivity contribution in [2.45, 2.75) is 186 Å². The van der Waals surface area contributed by atoms with Crippen LogP contribution in [0.2, 0.25) is 0 Å². The number of allylic oxidation sites excluding steroid dienone is 6. The molecule has 2 aliphatic rings. The molecular weight excluding hydrogens is 879 g/mol. The van der Waals surface area contributed by atoms with Gasteiger partial charge in [0.1, 0.15) is 0 Å². The number of rotatable bonds is 8. The fourth-order valence-corrected chi connectivity index (χ4v) is 7.71. The van der Waals surface area contributed by atoms with Crippen LogP contribution in [0.25, 0.3) is 0 Å². The summed E-state index contributed by atoms with van der Waals surface area (Å²) in [4.78, 5) is 14.7. The van der Waals surface area contributed by atoms with Gasteiger partial charge in [-0.15, -0.1) is 22.7 Å². The summed E-state index contributed by atoms with van der Waals surface area (Å²) in [7, 11) is 0. The van der Waals surface area contributed by atoms with Gasteiger partial charge in [0.15, 0.2) is 0 Å². The monoisotopic (exact) mass is 974 g/mol. The molecule has 4 nitrogen and oxygen atoms in total. The van der Waals surface area contributed by atoms with E-state index in [1.165, 1.54) is 63.3 Å². The molecule has 0 amide bonds. The van der Waals surface area contributed by atoms with E-state index in [9.17, 15) is 0 Å². The molecule has 0 atom stereocenters. The Morgan fingerprint density at radius 3 is 1.38 bits per heavy atom. The summed E-state index contributed by atoms with van der Waals surface area (Å²) in [6.45, 7) is 35.2. The molecule has 0 N–H and O–H groups in total. The summed E-state index contributed by atoms with van der Waals surface area (Å²) in [6.07, 6.45) is 28.6. The second-order valence-corrected chi connectivity index (χ2v) is 21.5. The third-order valence-corrected chi connectivity index (χ3v) is 13.3. The fraction of sp³-hybridized carbons (Fsp3) is 0.476. The number of thiazole rings is 1. The van der Waals surface area contributed by atoms with Crippen molar-refractivity contribution < 1.29 is 4.42 Å². The van der Waals surface area contributed by atoms with Gasteiger partial charge in [-0.1, -0.05) is 191 Å². The Hall–Kier alpha value is -4.65. The van der Waals surface area contributed by atoms with E-state index < -0.39 is 0 Å². The Morgan fingerprint density at radius 1 is 0.478 bits per heavy atom. The maximum atomic E-state index is 4.88. The van der Waals surface area contributed by atoms with Gasteiger partial charge in [-0.25, -0.2) is 0 Å². The molecule has 8 rings (SSSR count). The van der Waals surface area contributed by atoms with E-state index in [1.54, 1.807) is 35.6 Å². The molecule has 2 aliphatic carbocycles. The Bertz CT molecular complexity index is 1900. The first-order valence-electron chi connectivity index (χ1n) is 25.3. The Kier molecular flexibility index (Phi) is 36.5. The van der Waals surface area contributed by atoms with Crippen molar-refractivity contribution in [2.24, 2.45) is 11.8 Å². The topological polar surface area (TPSA) is 51.8 Å². The highest BCUT2D eigenvalue weighted by Crippen LogP contribution is 2.23. The third-order valence-electron chi connectivity index (χ3n) is 11.1. The van der Waals surface area contributed by atoms with E-state index in [2.05, 4.69) is 198 Å². The Labute approximate surface area is 432 Å². The molecule has 1 aromatic carbocycles. The van der Waals surface area contributed by atoms with E-state index in [-0.39, 0.29) is 7.43 Å². The number of hydrogen-bond donors (Lipinski definition) is 0. The number of pyridine rings is 2. The van der Waals surface area contributed by atoms with E-state index in [0.29, 0.717) is 41.4 Å². The highest BCUT2D eigenvalue weighted by atomic mass is 32.1. The van der Waals surface area contributed by atoms with Crippen LogP contribution in [0, 0.1) is 11.8 Å². The number of hydrogen-bond acceptors (Lipinski definition) is 6. The molecule has 0 fully saturated rings. The smallest absolute Gasteiger partial charge is 0.0937 e. The van der Waals surface area contributed by atoms with Crippen molar-refractivity contribution in [1.82, 2.24) is 15.0 Å². The molecule has 380 valence electrons. The molecule has 6 aromatic rings. The number of benzene rings is 1. The predicted molar refractivity (Wildman–Crippen MR) is 309 cm³/mol. The van der Waals surface area contributed by atoms with E-state index in [0.717, 1.165) is 12.3 Å². The first-order valence-corrected chi connectivity index (χ1v) is 27.0. The lowest BCUT2D eigenvalue weighted by Gasteiger charge is -2.15. The molecule has 0 bridgehead atoms. The first-order chi connectivity index (χ1) is 32.4. The Morgan fingerprint density at radius 2 is 1.09 bits per heavy atom. The minimum atomic E-state index is 0. The molecule has 6 heteroatoms. The van der Waals surface area contributed by atoms with Gasteiger partial charge < -0.3 is 4.42 Å². The normalized spacial score (nSPS) is 12.2. The zero-order valence-corrected chi connectivity index (χ0v) is 46.8. The molecule has 0 saturated heterocycles. The summed E-state index contributed by atoms with van der Waals surface area (Å²) >= 11 is 3.55. The van der Waals surface area contributed by atoms with Crippen molar-refractivity contribution in [3.8, 4) is 0 Å². The van der Waals surface area contributed by atoms with Crippen LogP contribution in [-0.2, 0) is 0 Å². The summed E-state index contributed by atoms with van der Waals surface area (Å²) in [5.74, 6) is 5.32. The number of nitrogens with zero attached hydrogens (tertiary/aromatic N) is 3. The van der Waals surface area contributed by atoms with Crippen LogP contribution in [0.15, 0.2) is 167 Å². The minimum Gasteiger partial charge on any atom is -0.472 e. The summed E-state index contributed by atoms with van der Waals surface area (Å²) < 4.78 is 4.88. The molecule has 0 unspecified atom stereocenters. The first kappa shape index (κ1) is 64.4. The molecule has 0 saturated carbocycles. The molecular formula is C63H95N3OS2. The Balaban J connectivity index is 0.000000765.